The first-order chi connectivity index (χ1) is 8.55. The summed E-state index contributed by atoms with van der Waals surface area (Å²) in [6.45, 7) is 7.56. The Hall–Kier alpha value is -1.06. The Balaban J connectivity index is 2.05. The van der Waals surface area contributed by atoms with Crippen molar-refractivity contribution in [3.8, 4) is 0 Å². The molecule has 0 bridgehead atoms. The highest BCUT2D eigenvalue weighted by Gasteiger charge is 2.47. The van der Waals surface area contributed by atoms with Crippen molar-refractivity contribution in [2.45, 2.75) is 45.9 Å². The Labute approximate surface area is 109 Å². The van der Waals surface area contributed by atoms with Gasteiger partial charge in [-0.3, -0.25) is 0 Å². The third kappa shape index (κ3) is 2.52. The van der Waals surface area contributed by atoms with Gasteiger partial charge in [0.2, 0.25) is 0 Å². The molecule has 0 radical (unpaired) electrons. The van der Waals surface area contributed by atoms with Crippen molar-refractivity contribution in [3.63, 3.8) is 0 Å². The van der Waals surface area contributed by atoms with Gasteiger partial charge in [-0.15, -0.1) is 0 Å². The number of hydrogen-bond donors (Lipinski definition) is 2. The molecule has 100 valence electrons. The number of anilines is 1. The molecule has 2 rings (SSSR count). The van der Waals surface area contributed by atoms with E-state index in [2.05, 4.69) is 31.3 Å². The van der Waals surface area contributed by atoms with Crippen LogP contribution in [0.1, 0.15) is 32.8 Å². The van der Waals surface area contributed by atoms with Crippen LogP contribution in [0.3, 0.4) is 0 Å². The van der Waals surface area contributed by atoms with E-state index in [1.807, 2.05) is 19.1 Å². The van der Waals surface area contributed by atoms with Crippen molar-refractivity contribution in [1.29, 1.82) is 0 Å². The number of hydrogen-bond acceptors (Lipinski definition) is 3. The van der Waals surface area contributed by atoms with Crippen molar-refractivity contribution < 1.29 is 9.84 Å². The fraction of sp³-hybridized carbons (Fsp3) is 0.600. The minimum atomic E-state index is -0.200. The average Bonchev–Trinajstić information content (AvgIpc) is 2.37. The molecule has 1 aliphatic carbocycles. The van der Waals surface area contributed by atoms with Crippen LogP contribution < -0.4 is 5.32 Å². The summed E-state index contributed by atoms with van der Waals surface area (Å²) in [5.74, 6) is 0. The molecule has 1 aliphatic rings. The Morgan fingerprint density at radius 3 is 2.72 bits per heavy atom. The van der Waals surface area contributed by atoms with Gasteiger partial charge in [0, 0.05) is 29.3 Å². The minimum Gasteiger partial charge on any atom is -0.392 e. The number of rotatable bonds is 5. The maximum atomic E-state index is 9.77. The van der Waals surface area contributed by atoms with Crippen LogP contribution in [0.2, 0.25) is 0 Å². The van der Waals surface area contributed by atoms with Gasteiger partial charge in [0.25, 0.3) is 0 Å². The highest BCUT2D eigenvalue weighted by molar-refractivity contribution is 5.52. The monoisotopic (exact) mass is 249 g/mol. The molecule has 0 heterocycles. The molecule has 1 aromatic carbocycles. The van der Waals surface area contributed by atoms with E-state index in [0.29, 0.717) is 12.6 Å². The van der Waals surface area contributed by atoms with Gasteiger partial charge in [-0.25, -0.2) is 0 Å². The maximum Gasteiger partial charge on any atom is 0.0736 e. The van der Waals surface area contributed by atoms with Crippen molar-refractivity contribution in [3.05, 3.63) is 29.8 Å². The van der Waals surface area contributed by atoms with Crippen LogP contribution in [0.4, 0.5) is 5.69 Å². The largest absolute Gasteiger partial charge is 0.392 e. The normalized spacial score (nSPS) is 25.6. The van der Waals surface area contributed by atoms with Crippen molar-refractivity contribution in [1.82, 2.24) is 0 Å². The number of benzene rings is 1. The topological polar surface area (TPSA) is 41.5 Å². The molecule has 1 saturated carbocycles. The van der Waals surface area contributed by atoms with E-state index in [9.17, 15) is 5.11 Å². The molecule has 0 aliphatic heterocycles. The molecule has 2 unspecified atom stereocenters. The molecule has 3 nitrogen and oxygen atoms in total. The fourth-order valence-electron chi connectivity index (χ4n) is 2.33. The zero-order valence-electron chi connectivity index (χ0n) is 11.4. The molecule has 0 saturated heterocycles. The third-order valence-electron chi connectivity index (χ3n) is 4.02. The summed E-state index contributed by atoms with van der Waals surface area (Å²) in [6, 6.07) is 8.55. The molecular weight excluding hydrogens is 226 g/mol. The molecule has 0 aromatic heterocycles. The van der Waals surface area contributed by atoms with Crippen LogP contribution in [-0.2, 0) is 11.3 Å². The Morgan fingerprint density at radius 1 is 1.39 bits per heavy atom. The van der Waals surface area contributed by atoms with Gasteiger partial charge >= 0.3 is 0 Å². The quantitative estimate of drug-likeness (QED) is 0.843. The summed E-state index contributed by atoms with van der Waals surface area (Å²) in [5.41, 5.74) is 2.24. The predicted octanol–water partition coefficient (Wildman–Crippen LogP) is 2.79. The first kappa shape index (κ1) is 13.4. The number of aliphatic hydroxyl groups excluding tert-OH is 1. The second-order valence-electron chi connectivity index (χ2n) is 5.56. The van der Waals surface area contributed by atoms with Gasteiger partial charge in [0.05, 0.1) is 12.7 Å². The number of para-hydroxylation sites is 1. The highest BCUT2D eigenvalue weighted by Crippen LogP contribution is 2.42. The lowest BCUT2D eigenvalue weighted by atomic mass is 9.64. The lowest BCUT2D eigenvalue weighted by Gasteiger charge is -2.50. The molecule has 2 N–H and O–H groups in total. The third-order valence-corrected chi connectivity index (χ3v) is 4.02. The summed E-state index contributed by atoms with van der Waals surface area (Å²) in [5, 5.41) is 13.3. The van der Waals surface area contributed by atoms with E-state index >= 15 is 0 Å². The van der Waals surface area contributed by atoms with E-state index in [-0.39, 0.29) is 11.5 Å². The Bertz CT molecular complexity index is 403. The van der Waals surface area contributed by atoms with Crippen molar-refractivity contribution in [2.75, 3.05) is 11.9 Å². The average molecular weight is 249 g/mol. The lowest BCUT2D eigenvalue weighted by Crippen LogP contribution is -2.57. The van der Waals surface area contributed by atoms with Crippen LogP contribution in [0.25, 0.3) is 0 Å². The van der Waals surface area contributed by atoms with Crippen molar-refractivity contribution in [2.24, 2.45) is 5.41 Å². The molecule has 1 fully saturated rings. The lowest BCUT2D eigenvalue weighted by molar-refractivity contribution is -0.0511. The van der Waals surface area contributed by atoms with E-state index in [1.165, 1.54) is 5.56 Å². The van der Waals surface area contributed by atoms with Crippen LogP contribution in [0, 0.1) is 5.41 Å². The predicted molar refractivity (Wildman–Crippen MR) is 73.6 cm³/mol. The molecular formula is C15H23NO2. The van der Waals surface area contributed by atoms with Gasteiger partial charge in [-0.05, 0) is 19.4 Å². The summed E-state index contributed by atoms with van der Waals surface area (Å²) in [6.07, 6.45) is 0.615. The minimum absolute atomic E-state index is 0.0568. The highest BCUT2D eigenvalue weighted by atomic mass is 16.5. The Morgan fingerprint density at radius 2 is 2.11 bits per heavy atom. The van der Waals surface area contributed by atoms with Gasteiger partial charge in [0.15, 0.2) is 0 Å². The van der Waals surface area contributed by atoms with Gasteiger partial charge in [0.1, 0.15) is 0 Å². The molecule has 18 heavy (non-hydrogen) atoms. The van der Waals surface area contributed by atoms with Gasteiger partial charge in [-0.2, -0.15) is 0 Å². The van der Waals surface area contributed by atoms with Crippen LogP contribution in [0.15, 0.2) is 24.3 Å². The number of aliphatic hydroxyl groups is 1. The van der Waals surface area contributed by atoms with Crippen LogP contribution in [0.5, 0.6) is 0 Å². The van der Waals surface area contributed by atoms with Crippen LogP contribution >= 0.6 is 0 Å². The fourth-order valence-corrected chi connectivity index (χ4v) is 2.33. The van der Waals surface area contributed by atoms with E-state index in [4.69, 9.17) is 4.74 Å². The second-order valence-corrected chi connectivity index (χ2v) is 5.56. The van der Waals surface area contributed by atoms with E-state index < -0.39 is 0 Å². The van der Waals surface area contributed by atoms with E-state index in [1.54, 1.807) is 0 Å². The first-order valence-electron chi connectivity index (χ1n) is 6.66. The molecule has 1 aromatic rings. The summed E-state index contributed by atoms with van der Waals surface area (Å²) >= 11 is 0. The summed E-state index contributed by atoms with van der Waals surface area (Å²) in [7, 11) is 0. The summed E-state index contributed by atoms with van der Waals surface area (Å²) in [4.78, 5) is 0. The summed E-state index contributed by atoms with van der Waals surface area (Å²) < 4.78 is 5.48. The molecule has 0 amide bonds. The number of ether oxygens (including phenoxy) is 1. The number of nitrogens with one attached hydrogen (secondary N) is 1. The van der Waals surface area contributed by atoms with Gasteiger partial charge in [-0.1, -0.05) is 32.0 Å². The van der Waals surface area contributed by atoms with E-state index in [0.717, 1.165) is 18.7 Å². The smallest absolute Gasteiger partial charge is 0.0736 e. The molecule has 2 atom stereocenters. The first-order valence-corrected chi connectivity index (χ1v) is 6.66. The van der Waals surface area contributed by atoms with Crippen LogP contribution in [-0.4, -0.2) is 23.9 Å². The van der Waals surface area contributed by atoms with Gasteiger partial charge < -0.3 is 15.2 Å². The van der Waals surface area contributed by atoms with Crippen molar-refractivity contribution >= 4 is 5.69 Å². The SMILES string of the molecule is CCOCc1ccccc1NC1CC(O)C1(C)C. The molecule has 0 spiro atoms. The Kier molecular flexibility index (Phi) is 3.93. The maximum absolute atomic E-state index is 9.77. The zero-order valence-corrected chi connectivity index (χ0v) is 11.4. The zero-order chi connectivity index (χ0) is 13.2. The molecule has 3 heteroatoms. The second kappa shape index (κ2) is 5.29. The standard InChI is InChI=1S/C15H23NO2/c1-4-18-10-11-7-5-6-8-12(11)16-13-9-14(17)15(13,2)3/h5-8,13-14,16-17H,4,9-10H2,1-3H3.